The van der Waals surface area contributed by atoms with E-state index >= 15 is 0 Å². The molecule has 0 spiro atoms. The number of anilines is 1. The third-order valence-corrected chi connectivity index (χ3v) is 10.8. The lowest BCUT2D eigenvalue weighted by atomic mass is 9.82. The fourth-order valence-electron chi connectivity index (χ4n) is 8.38. The summed E-state index contributed by atoms with van der Waals surface area (Å²) in [5.74, 6) is -0.0138. The molecule has 7 rings (SSSR count). The Hall–Kier alpha value is -4.33. The van der Waals surface area contributed by atoms with Crippen molar-refractivity contribution in [1.82, 2.24) is 15.5 Å². The Morgan fingerprint density at radius 3 is 2.02 bits per heavy atom. The van der Waals surface area contributed by atoms with Crippen LogP contribution in [0.4, 0.5) is 10.5 Å². The lowest BCUT2D eigenvalue weighted by molar-refractivity contribution is -0.127. The van der Waals surface area contributed by atoms with Crippen molar-refractivity contribution in [3.8, 4) is 0 Å². The second-order valence-electron chi connectivity index (χ2n) is 15.5. The lowest BCUT2D eigenvalue weighted by Crippen LogP contribution is -2.48. The molecule has 8 nitrogen and oxygen atoms in total. The number of rotatable bonds is 6. The fraction of sp³-hybridized carbons (Fsp3) is 0.488. The van der Waals surface area contributed by atoms with Crippen LogP contribution in [0.25, 0.3) is 0 Å². The van der Waals surface area contributed by atoms with E-state index in [2.05, 4.69) is 70.5 Å². The third-order valence-electron chi connectivity index (χ3n) is 10.8. The summed E-state index contributed by atoms with van der Waals surface area (Å²) in [4.78, 5) is 42.3. The number of likely N-dealkylation sites (tertiary alicyclic amines) is 1. The minimum absolute atomic E-state index is 0.0342. The summed E-state index contributed by atoms with van der Waals surface area (Å²) < 4.78 is 5.76. The lowest BCUT2D eigenvalue weighted by Gasteiger charge is -2.31. The summed E-state index contributed by atoms with van der Waals surface area (Å²) in [6.45, 7) is 5.92. The van der Waals surface area contributed by atoms with Crippen molar-refractivity contribution in [3.05, 3.63) is 100 Å². The molecule has 1 heterocycles. The molecule has 3 N–H and O–H groups in total. The largest absolute Gasteiger partial charge is 0.444 e. The Morgan fingerprint density at radius 1 is 0.735 bits per heavy atom. The number of benzene rings is 3. The van der Waals surface area contributed by atoms with Crippen LogP contribution in [-0.2, 0) is 40.0 Å². The van der Waals surface area contributed by atoms with Crippen molar-refractivity contribution in [1.29, 1.82) is 0 Å². The van der Waals surface area contributed by atoms with Gasteiger partial charge in [-0.05, 0) is 130 Å². The zero-order valence-corrected chi connectivity index (χ0v) is 29.1. The second-order valence-corrected chi connectivity index (χ2v) is 15.5. The van der Waals surface area contributed by atoms with E-state index in [9.17, 15) is 14.4 Å². The Morgan fingerprint density at radius 2 is 1.37 bits per heavy atom. The van der Waals surface area contributed by atoms with E-state index in [4.69, 9.17) is 4.74 Å². The highest BCUT2D eigenvalue weighted by molar-refractivity contribution is 5.87. The van der Waals surface area contributed by atoms with Crippen LogP contribution in [0.2, 0.25) is 0 Å². The number of amides is 3. The third kappa shape index (κ3) is 7.48. The maximum atomic E-state index is 13.8. The van der Waals surface area contributed by atoms with Crippen molar-refractivity contribution in [3.63, 3.8) is 0 Å². The van der Waals surface area contributed by atoms with E-state index in [0.717, 1.165) is 63.5 Å². The number of aryl methyl sites for hydroxylation is 3. The summed E-state index contributed by atoms with van der Waals surface area (Å²) in [7, 11) is 0. The quantitative estimate of drug-likeness (QED) is 0.265. The number of ether oxygens (including phenoxy) is 1. The molecule has 3 aromatic carbocycles. The standard InChI is InChI=1S/C41H50N4O4/c1-41(2,3)49-40(48)45-25-32(24-37(45)39(47)44-36-17-9-13-27-11-5-7-15-34(27)36)42-31-21-20-28-22-30(19-18-29(28)23-31)38(46)43-35-16-8-12-26-10-4-6-14-33(26)35/h4-7,10-11,14-15,20-21,23,30,32,35-37,42H,8-9,12-13,16-19,22,24-25H2,1-3H3,(H,43,46)(H,44,47)/t30-,32?,35?,36?,37-/m0/s1. The van der Waals surface area contributed by atoms with Gasteiger partial charge in [0, 0.05) is 24.2 Å². The van der Waals surface area contributed by atoms with E-state index in [1.807, 2.05) is 32.9 Å². The molecule has 8 heteroatoms. The van der Waals surface area contributed by atoms with Crippen molar-refractivity contribution >= 4 is 23.6 Å². The maximum Gasteiger partial charge on any atom is 0.411 e. The second kappa shape index (κ2) is 13.9. The van der Waals surface area contributed by atoms with Crippen LogP contribution in [0, 0.1) is 5.92 Å². The Balaban J connectivity index is 1.00. The van der Waals surface area contributed by atoms with Crippen molar-refractivity contribution < 1.29 is 19.1 Å². The van der Waals surface area contributed by atoms with Crippen molar-refractivity contribution in [2.24, 2.45) is 5.92 Å². The van der Waals surface area contributed by atoms with E-state index in [1.165, 1.54) is 33.4 Å². The van der Waals surface area contributed by atoms with Gasteiger partial charge in [0.05, 0.1) is 12.1 Å². The normalized spacial score (nSPS) is 24.6. The average Bonchev–Trinajstić information content (AvgIpc) is 3.52. The average molecular weight is 663 g/mol. The zero-order chi connectivity index (χ0) is 34.1. The van der Waals surface area contributed by atoms with Gasteiger partial charge >= 0.3 is 6.09 Å². The van der Waals surface area contributed by atoms with Gasteiger partial charge in [-0.15, -0.1) is 0 Å². The van der Waals surface area contributed by atoms with Crippen LogP contribution in [0.1, 0.15) is 105 Å². The molecule has 3 aliphatic carbocycles. The molecule has 3 aromatic rings. The molecular weight excluding hydrogens is 612 g/mol. The van der Waals surface area contributed by atoms with Gasteiger partial charge in [0.2, 0.25) is 11.8 Å². The van der Waals surface area contributed by atoms with Gasteiger partial charge in [-0.3, -0.25) is 14.5 Å². The molecule has 3 amide bonds. The Labute approximate surface area is 290 Å². The molecule has 0 aromatic heterocycles. The summed E-state index contributed by atoms with van der Waals surface area (Å²) in [6, 6.07) is 22.5. The minimum atomic E-state index is -0.667. The topological polar surface area (TPSA) is 99.8 Å². The summed E-state index contributed by atoms with van der Waals surface area (Å²) >= 11 is 0. The first-order valence-electron chi connectivity index (χ1n) is 18.3. The van der Waals surface area contributed by atoms with Gasteiger partial charge in [-0.1, -0.05) is 54.6 Å². The highest BCUT2D eigenvalue weighted by atomic mass is 16.6. The fourth-order valence-corrected chi connectivity index (χ4v) is 8.38. The van der Waals surface area contributed by atoms with Crippen molar-refractivity contribution in [2.75, 3.05) is 11.9 Å². The molecule has 0 bridgehead atoms. The minimum Gasteiger partial charge on any atom is -0.444 e. The SMILES string of the molecule is CC(C)(C)OC(=O)N1CC(Nc2ccc3c(c2)CC[C@H](C(=O)NC2CCCc4ccccc42)C3)C[C@H]1C(=O)NC1CCCc2ccccc21. The molecule has 1 saturated heterocycles. The molecule has 49 heavy (non-hydrogen) atoms. The molecule has 0 saturated carbocycles. The summed E-state index contributed by atoms with van der Waals surface area (Å²) in [5.41, 5.74) is 7.85. The Kier molecular flexibility index (Phi) is 9.40. The van der Waals surface area contributed by atoms with E-state index < -0.39 is 17.7 Å². The van der Waals surface area contributed by atoms with Gasteiger partial charge in [-0.25, -0.2) is 4.79 Å². The van der Waals surface area contributed by atoms with Crippen LogP contribution in [0.5, 0.6) is 0 Å². The summed E-state index contributed by atoms with van der Waals surface area (Å²) in [6.07, 6.45) is 8.51. The summed E-state index contributed by atoms with van der Waals surface area (Å²) in [5, 5.41) is 10.3. The number of carbonyl (C=O) groups excluding carboxylic acids is 3. The van der Waals surface area contributed by atoms with Crippen LogP contribution in [0.3, 0.4) is 0 Å². The number of carbonyl (C=O) groups is 3. The van der Waals surface area contributed by atoms with Crippen LogP contribution < -0.4 is 16.0 Å². The predicted molar refractivity (Wildman–Crippen MR) is 191 cm³/mol. The number of hydrogen-bond acceptors (Lipinski definition) is 5. The highest BCUT2D eigenvalue weighted by Gasteiger charge is 2.42. The Bertz CT molecular complexity index is 1710. The molecule has 4 aliphatic rings. The predicted octanol–water partition coefficient (Wildman–Crippen LogP) is 6.97. The van der Waals surface area contributed by atoms with Crippen molar-refractivity contribution in [2.45, 2.75) is 115 Å². The van der Waals surface area contributed by atoms with Crippen LogP contribution in [-0.4, -0.2) is 47.0 Å². The monoisotopic (exact) mass is 662 g/mol. The van der Waals surface area contributed by atoms with Gasteiger partial charge in [0.1, 0.15) is 11.6 Å². The van der Waals surface area contributed by atoms with Gasteiger partial charge in [0.15, 0.2) is 0 Å². The maximum absolute atomic E-state index is 13.8. The first-order valence-corrected chi connectivity index (χ1v) is 18.3. The van der Waals surface area contributed by atoms with E-state index in [0.29, 0.717) is 13.0 Å². The first-order chi connectivity index (χ1) is 23.6. The number of nitrogens with zero attached hydrogens (tertiary/aromatic N) is 1. The van der Waals surface area contributed by atoms with Gasteiger partial charge in [-0.2, -0.15) is 0 Å². The van der Waals surface area contributed by atoms with E-state index in [1.54, 1.807) is 4.90 Å². The smallest absolute Gasteiger partial charge is 0.411 e. The number of fused-ring (bicyclic) bond motifs is 3. The molecule has 258 valence electrons. The first kappa shape index (κ1) is 33.2. The van der Waals surface area contributed by atoms with E-state index in [-0.39, 0.29) is 35.9 Å². The molecule has 1 aliphatic heterocycles. The zero-order valence-electron chi connectivity index (χ0n) is 29.1. The number of nitrogens with one attached hydrogen (secondary N) is 3. The van der Waals surface area contributed by atoms with Gasteiger partial charge in [0.25, 0.3) is 0 Å². The van der Waals surface area contributed by atoms with Gasteiger partial charge < -0.3 is 20.7 Å². The molecular formula is C41H50N4O4. The molecule has 1 fully saturated rings. The molecule has 3 unspecified atom stereocenters. The van der Waals surface area contributed by atoms with Crippen LogP contribution in [0.15, 0.2) is 66.7 Å². The van der Waals surface area contributed by atoms with Crippen LogP contribution >= 0.6 is 0 Å². The number of hydrogen-bond donors (Lipinski definition) is 3. The highest BCUT2D eigenvalue weighted by Crippen LogP contribution is 2.34. The molecule has 0 radical (unpaired) electrons. The molecule has 5 atom stereocenters.